The Bertz CT molecular complexity index is 463. The van der Waals surface area contributed by atoms with Crippen LogP contribution in [0.15, 0.2) is 24.3 Å². The van der Waals surface area contributed by atoms with Crippen LogP contribution in [-0.4, -0.2) is 23.9 Å². The summed E-state index contributed by atoms with van der Waals surface area (Å²) in [4.78, 5) is 11.4. The number of halogens is 2. The van der Waals surface area contributed by atoms with Gasteiger partial charge in [-0.1, -0.05) is 28.1 Å². The first-order valence-electron chi connectivity index (χ1n) is 6.85. The van der Waals surface area contributed by atoms with Crippen molar-refractivity contribution >= 4 is 21.8 Å². The van der Waals surface area contributed by atoms with Crippen molar-refractivity contribution in [2.24, 2.45) is 5.92 Å². The summed E-state index contributed by atoms with van der Waals surface area (Å²) < 4.78 is 19.2. The van der Waals surface area contributed by atoms with Gasteiger partial charge in [-0.25, -0.2) is 4.39 Å². The smallest absolute Gasteiger partial charge is 0.233 e. The highest BCUT2D eigenvalue weighted by Crippen LogP contribution is 2.31. The maximum atomic E-state index is 13.3. The van der Waals surface area contributed by atoms with E-state index in [1.165, 1.54) is 25.0 Å². The Balaban J connectivity index is 1.97. The van der Waals surface area contributed by atoms with Crippen LogP contribution in [0.5, 0.6) is 0 Å². The van der Waals surface area contributed by atoms with Crippen LogP contribution in [0.2, 0.25) is 0 Å². The fraction of sp³-hybridized carbons (Fsp3) is 0.533. The SMILES string of the molecule is C[C@H](Br)C(=O)NC[C@H](OCC1CC1)c1cccc(F)c1. The van der Waals surface area contributed by atoms with Crippen molar-refractivity contribution in [2.75, 3.05) is 13.2 Å². The van der Waals surface area contributed by atoms with E-state index in [2.05, 4.69) is 21.2 Å². The molecule has 0 spiro atoms. The Morgan fingerprint density at radius 2 is 2.30 bits per heavy atom. The molecule has 0 saturated heterocycles. The van der Waals surface area contributed by atoms with Gasteiger partial charge in [-0.3, -0.25) is 4.79 Å². The summed E-state index contributed by atoms with van der Waals surface area (Å²) in [7, 11) is 0. The molecule has 1 amide bonds. The lowest BCUT2D eigenvalue weighted by Crippen LogP contribution is -2.33. The number of nitrogens with one attached hydrogen (secondary N) is 1. The number of alkyl halides is 1. The minimum absolute atomic E-state index is 0.0959. The van der Waals surface area contributed by atoms with Crippen LogP contribution in [-0.2, 0) is 9.53 Å². The molecule has 5 heteroatoms. The summed E-state index contributed by atoms with van der Waals surface area (Å²) in [6, 6.07) is 6.35. The maximum absolute atomic E-state index is 13.3. The first kappa shape index (κ1) is 15.4. The van der Waals surface area contributed by atoms with E-state index in [4.69, 9.17) is 4.74 Å². The molecule has 0 radical (unpaired) electrons. The molecule has 20 heavy (non-hydrogen) atoms. The van der Waals surface area contributed by atoms with E-state index >= 15 is 0 Å². The lowest BCUT2D eigenvalue weighted by Gasteiger charge is -2.19. The topological polar surface area (TPSA) is 38.3 Å². The Hall–Kier alpha value is -0.940. The average molecular weight is 344 g/mol. The van der Waals surface area contributed by atoms with Gasteiger partial charge >= 0.3 is 0 Å². The third-order valence-electron chi connectivity index (χ3n) is 3.27. The van der Waals surface area contributed by atoms with Crippen LogP contribution in [0.3, 0.4) is 0 Å². The summed E-state index contributed by atoms with van der Waals surface area (Å²) >= 11 is 3.22. The van der Waals surface area contributed by atoms with E-state index in [0.717, 1.165) is 5.56 Å². The molecule has 2 atom stereocenters. The average Bonchev–Trinajstić information content (AvgIpc) is 3.22. The first-order valence-corrected chi connectivity index (χ1v) is 7.76. The van der Waals surface area contributed by atoms with Crippen LogP contribution >= 0.6 is 15.9 Å². The molecule has 1 saturated carbocycles. The van der Waals surface area contributed by atoms with Gasteiger partial charge < -0.3 is 10.1 Å². The number of hydrogen-bond acceptors (Lipinski definition) is 2. The van der Waals surface area contributed by atoms with Gasteiger partial charge in [0.15, 0.2) is 0 Å². The molecule has 1 aliphatic carbocycles. The van der Waals surface area contributed by atoms with Crippen LogP contribution in [0.1, 0.15) is 31.4 Å². The monoisotopic (exact) mass is 343 g/mol. The Morgan fingerprint density at radius 3 is 2.90 bits per heavy atom. The number of amides is 1. The number of carbonyl (C=O) groups is 1. The summed E-state index contributed by atoms with van der Waals surface area (Å²) in [5.74, 6) is 0.237. The minimum atomic E-state index is -0.304. The van der Waals surface area contributed by atoms with Gasteiger partial charge in [0.25, 0.3) is 0 Å². The molecule has 0 aliphatic heterocycles. The quantitative estimate of drug-likeness (QED) is 0.772. The zero-order chi connectivity index (χ0) is 14.5. The number of benzene rings is 1. The maximum Gasteiger partial charge on any atom is 0.233 e. The molecule has 0 bridgehead atoms. The van der Waals surface area contributed by atoms with E-state index in [1.807, 2.05) is 6.07 Å². The summed E-state index contributed by atoms with van der Waals surface area (Å²) in [6.45, 7) is 2.78. The standard InChI is InChI=1S/C15H19BrFNO2/c1-10(16)15(19)18-8-14(20-9-11-5-6-11)12-3-2-4-13(17)7-12/h2-4,7,10-11,14H,5-6,8-9H2,1H3,(H,18,19)/t10-,14-/m0/s1. The largest absolute Gasteiger partial charge is 0.371 e. The molecule has 0 heterocycles. The van der Waals surface area contributed by atoms with Crippen molar-refractivity contribution in [3.8, 4) is 0 Å². The van der Waals surface area contributed by atoms with Gasteiger partial charge in [0, 0.05) is 6.54 Å². The molecule has 1 aliphatic rings. The normalized spacial score (nSPS) is 17.6. The fourth-order valence-electron chi connectivity index (χ4n) is 1.85. The first-order chi connectivity index (χ1) is 9.56. The Morgan fingerprint density at radius 1 is 1.55 bits per heavy atom. The lowest BCUT2D eigenvalue weighted by atomic mass is 10.1. The number of rotatable bonds is 7. The number of carbonyl (C=O) groups excluding carboxylic acids is 1. The van der Waals surface area contributed by atoms with Gasteiger partial charge in [0.1, 0.15) is 5.82 Å². The van der Waals surface area contributed by atoms with Gasteiger partial charge in [0.05, 0.1) is 17.5 Å². The van der Waals surface area contributed by atoms with E-state index in [0.29, 0.717) is 19.1 Å². The predicted molar refractivity (Wildman–Crippen MR) is 79.2 cm³/mol. The molecular formula is C15H19BrFNO2. The molecular weight excluding hydrogens is 325 g/mol. The molecule has 1 fully saturated rings. The highest BCUT2D eigenvalue weighted by atomic mass is 79.9. The molecule has 110 valence electrons. The van der Waals surface area contributed by atoms with Crippen LogP contribution in [0.25, 0.3) is 0 Å². The second-order valence-corrected chi connectivity index (χ2v) is 6.56. The van der Waals surface area contributed by atoms with E-state index in [9.17, 15) is 9.18 Å². The van der Waals surface area contributed by atoms with Crippen LogP contribution in [0, 0.1) is 11.7 Å². The van der Waals surface area contributed by atoms with Crippen molar-refractivity contribution in [1.29, 1.82) is 0 Å². The number of ether oxygens (including phenoxy) is 1. The number of hydrogen-bond donors (Lipinski definition) is 1. The molecule has 1 N–H and O–H groups in total. The fourth-order valence-corrected chi connectivity index (χ4v) is 2.01. The minimum Gasteiger partial charge on any atom is -0.371 e. The van der Waals surface area contributed by atoms with Gasteiger partial charge in [0.2, 0.25) is 5.91 Å². The van der Waals surface area contributed by atoms with E-state index in [-0.39, 0.29) is 22.7 Å². The summed E-state index contributed by atoms with van der Waals surface area (Å²) in [6.07, 6.45) is 2.09. The lowest BCUT2D eigenvalue weighted by molar-refractivity contribution is -0.120. The Kier molecular flexibility index (Phi) is 5.54. The third kappa shape index (κ3) is 4.87. The van der Waals surface area contributed by atoms with Crippen molar-refractivity contribution in [1.82, 2.24) is 5.32 Å². The van der Waals surface area contributed by atoms with Crippen molar-refractivity contribution in [3.63, 3.8) is 0 Å². The van der Waals surface area contributed by atoms with Crippen molar-refractivity contribution in [3.05, 3.63) is 35.6 Å². The molecule has 0 unspecified atom stereocenters. The highest BCUT2D eigenvalue weighted by molar-refractivity contribution is 9.10. The zero-order valence-electron chi connectivity index (χ0n) is 11.4. The highest BCUT2D eigenvalue weighted by Gasteiger charge is 2.24. The second kappa shape index (κ2) is 7.18. The Labute approximate surface area is 127 Å². The van der Waals surface area contributed by atoms with Gasteiger partial charge in [-0.05, 0) is 43.4 Å². The van der Waals surface area contributed by atoms with E-state index < -0.39 is 0 Å². The molecule has 0 aromatic heterocycles. The third-order valence-corrected chi connectivity index (χ3v) is 3.69. The zero-order valence-corrected chi connectivity index (χ0v) is 13.0. The van der Waals surface area contributed by atoms with Crippen LogP contribution in [0.4, 0.5) is 4.39 Å². The van der Waals surface area contributed by atoms with Gasteiger partial charge in [-0.2, -0.15) is 0 Å². The second-order valence-electron chi connectivity index (χ2n) is 5.18. The summed E-state index contributed by atoms with van der Waals surface area (Å²) in [5, 5.41) is 2.81. The molecule has 1 aromatic carbocycles. The van der Waals surface area contributed by atoms with Gasteiger partial charge in [-0.15, -0.1) is 0 Å². The molecule has 1 aromatic rings. The van der Waals surface area contributed by atoms with Crippen LogP contribution < -0.4 is 5.32 Å². The molecule has 2 rings (SSSR count). The van der Waals surface area contributed by atoms with E-state index in [1.54, 1.807) is 13.0 Å². The van der Waals surface area contributed by atoms with Crippen molar-refractivity contribution < 1.29 is 13.9 Å². The van der Waals surface area contributed by atoms with Crippen molar-refractivity contribution in [2.45, 2.75) is 30.7 Å². The predicted octanol–water partition coefficient (Wildman–Crippen LogP) is 3.19. The molecule has 3 nitrogen and oxygen atoms in total. The summed E-state index contributed by atoms with van der Waals surface area (Å²) in [5.41, 5.74) is 0.758.